The molecule has 1 saturated heterocycles. The van der Waals surface area contributed by atoms with Crippen LogP contribution in [0.5, 0.6) is 0 Å². The van der Waals surface area contributed by atoms with E-state index in [2.05, 4.69) is 15.5 Å². The van der Waals surface area contributed by atoms with Crippen LogP contribution in [0.1, 0.15) is 11.1 Å². The molecule has 1 fully saturated rings. The van der Waals surface area contributed by atoms with Gasteiger partial charge in [0.1, 0.15) is 0 Å². The molecule has 4 rings (SSSR count). The van der Waals surface area contributed by atoms with Crippen molar-refractivity contribution in [2.24, 2.45) is 0 Å². The number of benzene rings is 2. The van der Waals surface area contributed by atoms with Crippen molar-refractivity contribution < 1.29 is 17.9 Å². The lowest BCUT2D eigenvalue weighted by Gasteiger charge is -2.26. The Morgan fingerprint density at radius 3 is 2.50 bits per heavy atom. The van der Waals surface area contributed by atoms with Crippen LogP contribution in [0.25, 0.3) is 5.70 Å². The Bertz CT molecular complexity index is 1070. The molecule has 2 heterocycles. The van der Waals surface area contributed by atoms with E-state index in [-0.39, 0.29) is 9.80 Å². The van der Waals surface area contributed by atoms with Gasteiger partial charge in [-0.2, -0.15) is 0 Å². The molecule has 0 atom stereocenters. The first kappa shape index (κ1) is 20.6. The van der Waals surface area contributed by atoms with E-state index in [1.165, 1.54) is 0 Å². The zero-order valence-corrected chi connectivity index (χ0v) is 17.7. The monoisotopic (exact) mass is 427 g/mol. The van der Waals surface area contributed by atoms with E-state index >= 15 is 0 Å². The van der Waals surface area contributed by atoms with Crippen molar-refractivity contribution in [2.75, 3.05) is 44.7 Å². The third-order valence-electron chi connectivity index (χ3n) is 5.29. The number of carbonyl (C=O) groups is 1. The molecule has 7 nitrogen and oxygen atoms in total. The normalized spacial score (nSPS) is 18.2. The van der Waals surface area contributed by atoms with Gasteiger partial charge in [-0.15, -0.1) is 0 Å². The molecule has 0 unspecified atom stereocenters. The number of hydrogen-bond donors (Lipinski definition) is 2. The first-order valence-electron chi connectivity index (χ1n) is 9.97. The number of amides is 1. The van der Waals surface area contributed by atoms with E-state index in [4.69, 9.17) is 4.74 Å². The minimum Gasteiger partial charge on any atom is -0.382 e. The highest BCUT2D eigenvalue weighted by Gasteiger charge is 2.39. The molecule has 2 aliphatic heterocycles. The van der Waals surface area contributed by atoms with Gasteiger partial charge >= 0.3 is 0 Å². The molecule has 0 spiro atoms. The molecule has 0 aromatic heterocycles. The number of morpholine rings is 1. The molecule has 0 aliphatic carbocycles. The van der Waals surface area contributed by atoms with Crippen LogP contribution < -0.4 is 10.6 Å². The van der Waals surface area contributed by atoms with Gasteiger partial charge in [0, 0.05) is 37.4 Å². The number of nitrogens with one attached hydrogen (secondary N) is 2. The van der Waals surface area contributed by atoms with E-state index in [1.807, 2.05) is 19.1 Å². The SMILES string of the molecule is Cc1ccc(NC(=O)C2=C(NCCN3CCOCC3)c3ccccc3S2(=O)=O)cc1. The number of hydrogen-bond acceptors (Lipinski definition) is 6. The summed E-state index contributed by atoms with van der Waals surface area (Å²) in [6.45, 7) is 6.30. The van der Waals surface area contributed by atoms with Crippen molar-refractivity contribution in [3.8, 4) is 0 Å². The van der Waals surface area contributed by atoms with Crippen LogP contribution in [0.4, 0.5) is 5.69 Å². The summed E-state index contributed by atoms with van der Waals surface area (Å²) in [5.74, 6) is -0.635. The molecular weight excluding hydrogens is 402 g/mol. The minimum absolute atomic E-state index is 0.160. The molecule has 30 heavy (non-hydrogen) atoms. The second-order valence-electron chi connectivity index (χ2n) is 7.40. The van der Waals surface area contributed by atoms with E-state index < -0.39 is 15.7 Å². The van der Waals surface area contributed by atoms with Crippen molar-refractivity contribution in [3.63, 3.8) is 0 Å². The van der Waals surface area contributed by atoms with E-state index in [0.29, 0.717) is 36.7 Å². The number of nitrogens with zero attached hydrogens (tertiary/aromatic N) is 1. The molecule has 0 bridgehead atoms. The Morgan fingerprint density at radius 2 is 1.77 bits per heavy atom. The highest BCUT2D eigenvalue weighted by molar-refractivity contribution is 7.97. The van der Waals surface area contributed by atoms with Gasteiger partial charge in [-0.1, -0.05) is 35.9 Å². The van der Waals surface area contributed by atoms with Gasteiger partial charge in [-0.3, -0.25) is 9.69 Å². The summed E-state index contributed by atoms with van der Waals surface area (Å²) in [6, 6.07) is 14.0. The maximum atomic E-state index is 13.2. The zero-order chi connectivity index (χ0) is 21.1. The molecular formula is C22H25N3O4S. The maximum absolute atomic E-state index is 13.2. The number of ether oxygens (including phenoxy) is 1. The van der Waals surface area contributed by atoms with Crippen molar-refractivity contribution in [2.45, 2.75) is 11.8 Å². The van der Waals surface area contributed by atoms with Crippen LogP contribution in [0, 0.1) is 6.92 Å². The van der Waals surface area contributed by atoms with Crippen molar-refractivity contribution >= 4 is 27.1 Å². The van der Waals surface area contributed by atoms with Gasteiger partial charge in [-0.25, -0.2) is 8.42 Å². The Morgan fingerprint density at radius 1 is 1.07 bits per heavy atom. The Balaban J connectivity index is 1.60. The molecule has 1 amide bonds. The quantitative estimate of drug-likeness (QED) is 0.733. The average molecular weight is 428 g/mol. The van der Waals surface area contributed by atoms with Crippen LogP contribution in [0.15, 0.2) is 58.3 Å². The fourth-order valence-corrected chi connectivity index (χ4v) is 5.36. The summed E-state index contributed by atoms with van der Waals surface area (Å²) in [5.41, 5.74) is 2.51. The molecule has 2 aromatic rings. The summed E-state index contributed by atoms with van der Waals surface area (Å²) < 4.78 is 31.7. The Kier molecular flexibility index (Phi) is 5.90. The summed E-state index contributed by atoms with van der Waals surface area (Å²) in [4.78, 5) is 15.2. The number of carbonyl (C=O) groups excluding carboxylic acids is 1. The first-order chi connectivity index (χ1) is 14.5. The molecule has 0 radical (unpaired) electrons. The summed E-state index contributed by atoms with van der Waals surface area (Å²) in [7, 11) is -3.91. The molecule has 8 heteroatoms. The van der Waals surface area contributed by atoms with Gasteiger partial charge in [-0.05, 0) is 25.1 Å². The molecule has 158 valence electrons. The van der Waals surface area contributed by atoms with Crippen molar-refractivity contribution in [1.29, 1.82) is 0 Å². The van der Waals surface area contributed by atoms with Crippen LogP contribution >= 0.6 is 0 Å². The fraction of sp³-hybridized carbons (Fsp3) is 0.318. The predicted molar refractivity (Wildman–Crippen MR) is 116 cm³/mol. The highest BCUT2D eigenvalue weighted by Crippen LogP contribution is 2.38. The van der Waals surface area contributed by atoms with Crippen LogP contribution in [0.2, 0.25) is 0 Å². The lowest BCUT2D eigenvalue weighted by Crippen LogP contribution is -2.40. The number of anilines is 1. The standard InChI is InChI=1S/C22H25N3O4S/c1-16-6-8-17(9-7-16)24-22(26)21-20(23-10-11-25-12-14-29-15-13-25)18-4-2-3-5-19(18)30(21,27)28/h2-9,23H,10-15H2,1H3,(H,24,26). The zero-order valence-electron chi connectivity index (χ0n) is 16.8. The minimum atomic E-state index is -3.91. The molecule has 2 aromatic carbocycles. The topological polar surface area (TPSA) is 87.7 Å². The largest absolute Gasteiger partial charge is 0.382 e. The average Bonchev–Trinajstić information content (AvgIpc) is 2.97. The molecule has 0 saturated carbocycles. The van der Waals surface area contributed by atoms with Gasteiger partial charge in [0.15, 0.2) is 4.91 Å². The Hall–Kier alpha value is -2.68. The van der Waals surface area contributed by atoms with Crippen LogP contribution in [-0.4, -0.2) is 58.6 Å². The third kappa shape index (κ3) is 4.12. The van der Waals surface area contributed by atoms with Gasteiger partial charge < -0.3 is 15.4 Å². The van der Waals surface area contributed by atoms with Gasteiger partial charge in [0.05, 0.1) is 23.8 Å². The van der Waals surface area contributed by atoms with E-state index in [9.17, 15) is 13.2 Å². The summed E-state index contributed by atoms with van der Waals surface area (Å²) >= 11 is 0. The number of fused-ring (bicyclic) bond motifs is 1. The fourth-order valence-electron chi connectivity index (χ4n) is 3.67. The molecule has 2 N–H and O–H groups in total. The second-order valence-corrected chi connectivity index (χ2v) is 9.26. The number of rotatable bonds is 6. The lowest BCUT2D eigenvalue weighted by molar-refractivity contribution is -0.112. The number of sulfone groups is 1. The third-order valence-corrected chi connectivity index (χ3v) is 7.15. The highest BCUT2D eigenvalue weighted by atomic mass is 32.2. The maximum Gasteiger partial charge on any atom is 0.269 e. The van der Waals surface area contributed by atoms with Crippen molar-refractivity contribution in [3.05, 3.63) is 64.6 Å². The van der Waals surface area contributed by atoms with E-state index in [0.717, 1.165) is 25.2 Å². The van der Waals surface area contributed by atoms with E-state index in [1.54, 1.807) is 36.4 Å². The summed E-state index contributed by atoms with van der Waals surface area (Å²) in [6.07, 6.45) is 0. The first-order valence-corrected chi connectivity index (χ1v) is 11.5. The smallest absolute Gasteiger partial charge is 0.269 e. The lowest BCUT2D eigenvalue weighted by atomic mass is 10.1. The summed E-state index contributed by atoms with van der Waals surface area (Å²) in [5, 5.41) is 5.95. The van der Waals surface area contributed by atoms with Crippen LogP contribution in [0.3, 0.4) is 0 Å². The van der Waals surface area contributed by atoms with Crippen molar-refractivity contribution in [1.82, 2.24) is 10.2 Å². The predicted octanol–water partition coefficient (Wildman–Crippen LogP) is 2.01. The second kappa shape index (κ2) is 8.59. The number of aryl methyl sites for hydroxylation is 1. The van der Waals surface area contributed by atoms with Gasteiger partial charge in [0.25, 0.3) is 5.91 Å². The van der Waals surface area contributed by atoms with Crippen LogP contribution in [-0.2, 0) is 19.4 Å². The Labute approximate surface area is 176 Å². The van der Waals surface area contributed by atoms with Gasteiger partial charge in [0.2, 0.25) is 9.84 Å². The molecule has 2 aliphatic rings.